The Bertz CT molecular complexity index is 1160. The lowest BCUT2D eigenvalue weighted by Gasteiger charge is -2.32. The van der Waals surface area contributed by atoms with E-state index in [0.29, 0.717) is 25.1 Å². The zero-order valence-corrected chi connectivity index (χ0v) is 24.2. The zero-order chi connectivity index (χ0) is 27.8. The number of anilines is 1. The third kappa shape index (κ3) is 8.59. The van der Waals surface area contributed by atoms with Gasteiger partial charge in [-0.15, -0.1) is 0 Å². The third-order valence-electron chi connectivity index (χ3n) is 6.86. The van der Waals surface area contributed by atoms with Crippen LogP contribution in [0.2, 0.25) is 0 Å². The van der Waals surface area contributed by atoms with Gasteiger partial charge < -0.3 is 10.2 Å². The first-order valence-electron chi connectivity index (χ1n) is 13.1. The van der Waals surface area contributed by atoms with E-state index in [4.69, 9.17) is 0 Å². The van der Waals surface area contributed by atoms with E-state index in [1.807, 2.05) is 77.9 Å². The van der Waals surface area contributed by atoms with Crippen LogP contribution in [0.15, 0.2) is 42.5 Å². The number of benzene rings is 2. The number of nitrogens with zero attached hydrogens (tertiary/aromatic N) is 2. The summed E-state index contributed by atoms with van der Waals surface area (Å²) in [5.74, 6) is -0.327. The molecule has 1 N–H and O–H groups in total. The molecule has 8 heteroatoms. The molecule has 2 atom stereocenters. The van der Waals surface area contributed by atoms with Gasteiger partial charge in [0, 0.05) is 25.6 Å². The fourth-order valence-electron chi connectivity index (χ4n) is 4.24. The van der Waals surface area contributed by atoms with Crippen LogP contribution >= 0.6 is 0 Å². The van der Waals surface area contributed by atoms with E-state index in [9.17, 15) is 18.0 Å². The molecule has 2 aromatic carbocycles. The molecule has 7 nitrogen and oxygen atoms in total. The van der Waals surface area contributed by atoms with E-state index in [1.54, 1.807) is 11.0 Å². The second-order valence-electron chi connectivity index (χ2n) is 9.91. The Kier molecular flexibility index (Phi) is 11.2. The Balaban J connectivity index is 2.25. The quantitative estimate of drug-likeness (QED) is 0.401. The molecule has 0 heterocycles. The number of sulfonamides is 1. The molecule has 0 aliphatic heterocycles. The van der Waals surface area contributed by atoms with E-state index in [1.165, 1.54) is 10.6 Å². The molecule has 2 amide bonds. The van der Waals surface area contributed by atoms with E-state index in [0.717, 1.165) is 28.7 Å². The summed E-state index contributed by atoms with van der Waals surface area (Å²) >= 11 is 0. The average molecular weight is 530 g/mol. The molecule has 0 aromatic heterocycles. The maximum Gasteiger partial charge on any atom is 0.243 e. The van der Waals surface area contributed by atoms with Crippen molar-refractivity contribution in [2.45, 2.75) is 85.9 Å². The Morgan fingerprint density at radius 1 is 0.973 bits per heavy atom. The van der Waals surface area contributed by atoms with E-state index in [2.05, 4.69) is 5.32 Å². The smallest absolute Gasteiger partial charge is 0.243 e. The van der Waals surface area contributed by atoms with E-state index < -0.39 is 16.1 Å². The summed E-state index contributed by atoms with van der Waals surface area (Å²) in [6.45, 7) is 12.2. The summed E-state index contributed by atoms with van der Waals surface area (Å²) in [6.07, 6.45) is 2.95. The van der Waals surface area contributed by atoms with Crippen LogP contribution in [-0.2, 0) is 26.2 Å². The van der Waals surface area contributed by atoms with Gasteiger partial charge in [0.15, 0.2) is 0 Å². The summed E-state index contributed by atoms with van der Waals surface area (Å²) in [6, 6.07) is 12.9. The van der Waals surface area contributed by atoms with Crippen LogP contribution in [0.1, 0.15) is 68.7 Å². The van der Waals surface area contributed by atoms with Crippen molar-refractivity contribution in [1.29, 1.82) is 0 Å². The van der Waals surface area contributed by atoms with Gasteiger partial charge in [0.25, 0.3) is 0 Å². The minimum absolute atomic E-state index is 0.0127. The van der Waals surface area contributed by atoms with Crippen molar-refractivity contribution < 1.29 is 18.0 Å². The first kappa shape index (κ1) is 30.4. The van der Waals surface area contributed by atoms with Gasteiger partial charge in [-0.2, -0.15) is 0 Å². The van der Waals surface area contributed by atoms with Gasteiger partial charge in [-0.05, 0) is 69.7 Å². The highest BCUT2D eigenvalue weighted by atomic mass is 32.2. The number of aryl methyl sites for hydroxylation is 2. The fraction of sp³-hybridized carbons (Fsp3) is 0.517. The van der Waals surface area contributed by atoms with Crippen molar-refractivity contribution in [2.75, 3.05) is 17.1 Å². The number of amides is 2. The van der Waals surface area contributed by atoms with Gasteiger partial charge in [0.2, 0.25) is 21.8 Å². The standard InChI is InChI=1S/C29H43N3O4S/c1-8-23(5)30-29(34)26(9-2)31(20-25-17-15-21(3)16-18-25)28(33)14-11-19-32(37(7,35)36)27-13-10-12-22(4)24(27)6/h10,12-13,15-18,23,26H,8-9,11,14,19-20H2,1-7H3,(H,30,34). The molecule has 0 saturated heterocycles. The SMILES string of the molecule is CCC(C)NC(=O)C(CC)N(Cc1ccc(C)cc1)C(=O)CCCN(c1cccc(C)c1C)S(C)(=O)=O. The van der Waals surface area contributed by atoms with Gasteiger partial charge in [0.05, 0.1) is 11.9 Å². The van der Waals surface area contributed by atoms with Gasteiger partial charge in [-0.1, -0.05) is 55.8 Å². The van der Waals surface area contributed by atoms with Crippen molar-refractivity contribution >= 4 is 27.5 Å². The maximum atomic E-state index is 13.5. The minimum atomic E-state index is -3.53. The molecular weight excluding hydrogens is 486 g/mol. The molecule has 0 aliphatic rings. The topological polar surface area (TPSA) is 86.8 Å². The molecule has 0 bridgehead atoms. The Hall–Kier alpha value is -2.87. The number of rotatable bonds is 13. The first-order chi connectivity index (χ1) is 17.4. The minimum Gasteiger partial charge on any atom is -0.352 e. The Morgan fingerprint density at radius 3 is 2.19 bits per heavy atom. The molecule has 2 unspecified atom stereocenters. The Morgan fingerprint density at radius 2 is 1.62 bits per heavy atom. The van der Waals surface area contributed by atoms with Crippen LogP contribution in [-0.4, -0.2) is 50.0 Å². The van der Waals surface area contributed by atoms with Crippen LogP contribution in [0.4, 0.5) is 5.69 Å². The lowest BCUT2D eigenvalue weighted by molar-refractivity contribution is -0.141. The second kappa shape index (κ2) is 13.6. The van der Waals surface area contributed by atoms with Crippen LogP contribution < -0.4 is 9.62 Å². The first-order valence-corrected chi connectivity index (χ1v) is 14.9. The summed E-state index contributed by atoms with van der Waals surface area (Å²) in [7, 11) is -3.53. The van der Waals surface area contributed by atoms with Gasteiger partial charge in [0.1, 0.15) is 6.04 Å². The van der Waals surface area contributed by atoms with Gasteiger partial charge in [-0.25, -0.2) is 8.42 Å². The predicted octanol–water partition coefficient (Wildman–Crippen LogP) is 4.88. The normalized spacial score (nSPS) is 13.1. The van der Waals surface area contributed by atoms with Crippen molar-refractivity contribution in [3.63, 3.8) is 0 Å². The van der Waals surface area contributed by atoms with Gasteiger partial charge >= 0.3 is 0 Å². The lowest BCUT2D eigenvalue weighted by atomic mass is 10.1. The molecule has 37 heavy (non-hydrogen) atoms. The molecule has 0 aliphatic carbocycles. The summed E-state index contributed by atoms with van der Waals surface area (Å²) in [5, 5.41) is 3.02. The number of hydrogen-bond donors (Lipinski definition) is 1. The molecule has 0 saturated carbocycles. The number of hydrogen-bond acceptors (Lipinski definition) is 4. The second-order valence-corrected chi connectivity index (χ2v) is 11.8. The van der Waals surface area contributed by atoms with E-state index >= 15 is 0 Å². The summed E-state index contributed by atoms with van der Waals surface area (Å²) < 4.78 is 26.6. The van der Waals surface area contributed by atoms with Crippen molar-refractivity contribution in [3.8, 4) is 0 Å². The molecule has 2 aromatic rings. The van der Waals surface area contributed by atoms with Crippen LogP contribution in [0.3, 0.4) is 0 Å². The monoisotopic (exact) mass is 529 g/mol. The van der Waals surface area contributed by atoms with E-state index in [-0.39, 0.29) is 30.8 Å². The van der Waals surface area contributed by atoms with Crippen molar-refractivity contribution in [3.05, 3.63) is 64.7 Å². The van der Waals surface area contributed by atoms with Crippen LogP contribution in [0.5, 0.6) is 0 Å². The van der Waals surface area contributed by atoms with Crippen LogP contribution in [0, 0.1) is 20.8 Å². The largest absolute Gasteiger partial charge is 0.352 e. The summed E-state index contributed by atoms with van der Waals surface area (Å²) in [4.78, 5) is 28.3. The fourth-order valence-corrected chi connectivity index (χ4v) is 5.25. The molecule has 0 fully saturated rings. The summed E-state index contributed by atoms with van der Waals surface area (Å²) in [5.41, 5.74) is 4.60. The van der Waals surface area contributed by atoms with Crippen molar-refractivity contribution in [2.24, 2.45) is 0 Å². The number of carbonyl (C=O) groups is 2. The number of nitrogens with one attached hydrogen (secondary N) is 1. The Labute approximate surface area is 223 Å². The van der Waals surface area contributed by atoms with Gasteiger partial charge in [-0.3, -0.25) is 13.9 Å². The zero-order valence-electron chi connectivity index (χ0n) is 23.4. The van der Waals surface area contributed by atoms with Crippen LogP contribution in [0.25, 0.3) is 0 Å². The highest BCUT2D eigenvalue weighted by molar-refractivity contribution is 7.92. The average Bonchev–Trinajstić information content (AvgIpc) is 2.84. The van der Waals surface area contributed by atoms with Crippen molar-refractivity contribution in [1.82, 2.24) is 10.2 Å². The third-order valence-corrected chi connectivity index (χ3v) is 8.04. The predicted molar refractivity (Wildman–Crippen MR) is 151 cm³/mol. The maximum absolute atomic E-state index is 13.5. The molecule has 0 spiro atoms. The molecule has 204 valence electrons. The highest BCUT2D eigenvalue weighted by Gasteiger charge is 2.29. The number of carbonyl (C=O) groups excluding carboxylic acids is 2. The molecular formula is C29H43N3O4S. The highest BCUT2D eigenvalue weighted by Crippen LogP contribution is 2.25. The lowest BCUT2D eigenvalue weighted by Crippen LogP contribution is -2.50. The molecule has 2 rings (SSSR count). The molecule has 0 radical (unpaired) electrons.